The van der Waals surface area contributed by atoms with Gasteiger partial charge in [-0.15, -0.1) is 11.3 Å². The second-order valence-corrected chi connectivity index (χ2v) is 6.04. The number of nitrogens with zero attached hydrogens (tertiary/aromatic N) is 2. The molecule has 0 aliphatic heterocycles. The van der Waals surface area contributed by atoms with E-state index in [1.165, 1.54) is 0 Å². The summed E-state index contributed by atoms with van der Waals surface area (Å²) in [6, 6.07) is 0. The first-order valence-corrected chi connectivity index (χ1v) is 7.31. The predicted octanol–water partition coefficient (Wildman–Crippen LogP) is 2.82. The minimum Gasteiger partial charge on any atom is -0.383 e. The van der Waals surface area contributed by atoms with Gasteiger partial charge >= 0.3 is 6.18 Å². The number of aromatic nitrogens is 2. The average Bonchev–Trinajstić information content (AvgIpc) is 2.71. The van der Waals surface area contributed by atoms with Crippen LogP contribution >= 0.6 is 11.3 Å². The number of aryl methyl sites for hydroxylation is 2. The van der Waals surface area contributed by atoms with Crippen molar-refractivity contribution in [1.82, 2.24) is 15.3 Å². The van der Waals surface area contributed by atoms with Crippen molar-refractivity contribution in [3.05, 3.63) is 16.3 Å². The normalized spacial score (nSPS) is 13.4. The summed E-state index contributed by atoms with van der Waals surface area (Å²) < 4.78 is 37.4. The molecule has 1 unspecified atom stereocenters. The molecule has 0 saturated carbocycles. The van der Waals surface area contributed by atoms with Gasteiger partial charge in [0.15, 0.2) is 0 Å². The lowest BCUT2D eigenvalue weighted by atomic mass is 10.1. The van der Waals surface area contributed by atoms with Crippen molar-refractivity contribution in [3.8, 4) is 0 Å². The molecule has 2 heterocycles. The van der Waals surface area contributed by atoms with E-state index in [1.54, 1.807) is 13.8 Å². The van der Waals surface area contributed by atoms with E-state index >= 15 is 0 Å². The first-order chi connectivity index (χ1) is 10.1. The van der Waals surface area contributed by atoms with Gasteiger partial charge in [-0.25, -0.2) is 9.97 Å². The molecule has 2 rings (SSSR count). The fraction of sp³-hybridized carbons (Fsp3) is 0.462. The molecule has 1 atom stereocenters. The number of hydrogen-bond donors (Lipinski definition) is 2. The Morgan fingerprint density at radius 3 is 2.59 bits per heavy atom. The van der Waals surface area contributed by atoms with Crippen LogP contribution in [0.3, 0.4) is 0 Å². The minimum atomic E-state index is -4.34. The summed E-state index contributed by atoms with van der Waals surface area (Å²) in [5, 5.41) is 2.88. The molecule has 0 radical (unpaired) electrons. The number of nitrogens with two attached hydrogens (primary N) is 1. The van der Waals surface area contributed by atoms with Gasteiger partial charge in [-0.2, -0.15) is 13.2 Å². The lowest BCUT2D eigenvalue weighted by molar-refractivity contribution is -0.167. The first-order valence-electron chi connectivity index (χ1n) is 6.49. The maximum atomic E-state index is 12.5. The molecule has 0 bridgehead atoms. The summed E-state index contributed by atoms with van der Waals surface area (Å²) in [5.41, 5.74) is 6.40. The highest BCUT2D eigenvalue weighted by Gasteiger charge is 2.36. The van der Waals surface area contributed by atoms with E-state index in [-0.39, 0.29) is 5.82 Å². The molecule has 3 N–H and O–H groups in total. The van der Waals surface area contributed by atoms with E-state index in [0.29, 0.717) is 26.5 Å². The van der Waals surface area contributed by atoms with Gasteiger partial charge in [-0.05, 0) is 19.4 Å². The zero-order valence-electron chi connectivity index (χ0n) is 12.2. The van der Waals surface area contributed by atoms with Crippen molar-refractivity contribution in [2.45, 2.75) is 26.9 Å². The Morgan fingerprint density at radius 1 is 1.36 bits per heavy atom. The third-order valence-electron chi connectivity index (χ3n) is 3.26. The molecule has 0 saturated heterocycles. The van der Waals surface area contributed by atoms with Crippen LogP contribution in [0.5, 0.6) is 0 Å². The van der Waals surface area contributed by atoms with Crippen LogP contribution in [0.25, 0.3) is 10.2 Å². The summed E-state index contributed by atoms with van der Waals surface area (Å²) in [7, 11) is 0. The molecule has 5 nitrogen and oxygen atoms in total. The summed E-state index contributed by atoms with van der Waals surface area (Å²) in [6.07, 6.45) is -4.34. The van der Waals surface area contributed by atoms with Crippen molar-refractivity contribution < 1.29 is 18.0 Å². The maximum absolute atomic E-state index is 12.5. The van der Waals surface area contributed by atoms with Crippen LogP contribution in [0.1, 0.15) is 28.0 Å². The Morgan fingerprint density at radius 2 is 2.00 bits per heavy atom. The minimum absolute atomic E-state index is 0.263. The van der Waals surface area contributed by atoms with Crippen LogP contribution < -0.4 is 11.1 Å². The number of rotatable bonds is 3. The first kappa shape index (κ1) is 16.5. The standard InChI is InChI=1S/C13H15F3N4OS/c1-5(13(14,15)16)4-18-11(21)9-6(2)8-10(17)19-7(3)20-12(8)22-9/h5H,4H2,1-3H3,(H,18,21)(H2,17,19,20). The number of hydrogen-bond acceptors (Lipinski definition) is 5. The largest absolute Gasteiger partial charge is 0.393 e. The molecule has 1 amide bonds. The fourth-order valence-electron chi connectivity index (χ4n) is 1.94. The number of fused-ring (bicyclic) bond motifs is 1. The molecule has 0 fully saturated rings. The van der Waals surface area contributed by atoms with E-state index < -0.39 is 24.5 Å². The van der Waals surface area contributed by atoms with Gasteiger partial charge in [0.25, 0.3) is 5.91 Å². The number of nitrogen functional groups attached to an aromatic ring is 1. The Balaban J connectivity index is 2.26. The molecule has 2 aromatic rings. The average molecular weight is 332 g/mol. The van der Waals surface area contributed by atoms with Gasteiger partial charge in [-0.3, -0.25) is 4.79 Å². The monoisotopic (exact) mass is 332 g/mol. The zero-order valence-corrected chi connectivity index (χ0v) is 13.0. The highest BCUT2D eigenvalue weighted by Crippen LogP contribution is 2.32. The molecule has 0 aliphatic rings. The van der Waals surface area contributed by atoms with Crippen molar-refractivity contribution >= 4 is 33.3 Å². The Bertz CT molecular complexity index is 726. The third kappa shape index (κ3) is 3.13. The fourth-order valence-corrected chi connectivity index (χ4v) is 3.09. The topological polar surface area (TPSA) is 80.9 Å². The highest BCUT2D eigenvalue weighted by molar-refractivity contribution is 7.20. The quantitative estimate of drug-likeness (QED) is 0.906. The zero-order chi connectivity index (χ0) is 16.7. The van der Waals surface area contributed by atoms with E-state index in [9.17, 15) is 18.0 Å². The summed E-state index contributed by atoms with van der Waals surface area (Å²) >= 11 is 1.10. The summed E-state index contributed by atoms with van der Waals surface area (Å²) in [4.78, 5) is 21.2. The third-order valence-corrected chi connectivity index (χ3v) is 4.45. The van der Waals surface area contributed by atoms with Crippen LogP contribution in [0, 0.1) is 19.8 Å². The van der Waals surface area contributed by atoms with Crippen molar-refractivity contribution in [2.24, 2.45) is 5.92 Å². The van der Waals surface area contributed by atoms with Crippen LogP contribution in [0.4, 0.5) is 19.0 Å². The molecule has 120 valence electrons. The lowest BCUT2D eigenvalue weighted by Crippen LogP contribution is -2.34. The molecule has 2 aromatic heterocycles. The van der Waals surface area contributed by atoms with Crippen LogP contribution in [0.2, 0.25) is 0 Å². The number of carbonyl (C=O) groups is 1. The number of alkyl halides is 3. The van der Waals surface area contributed by atoms with Gasteiger partial charge in [0.2, 0.25) is 0 Å². The number of carbonyl (C=O) groups excluding carboxylic acids is 1. The molecule has 22 heavy (non-hydrogen) atoms. The number of amides is 1. The van der Waals surface area contributed by atoms with Gasteiger partial charge in [0.1, 0.15) is 16.5 Å². The van der Waals surface area contributed by atoms with Crippen LogP contribution in [0.15, 0.2) is 0 Å². The van der Waals surface area contributed by atoms with E-state index in [1.807, 2.05) is 0 Å². The second kappa shape index (κ2) is 5.71. The molecule has 0 aliphatic carbocycles. The maximum Gasteiger partial charge on any atom is 0.393 e. The lowest BCUT2D eigenvalue weighted by Gasteiger charge is -2.15. The van der Waals surface area contributed by atoms with Crippen LogP contribution in [-0.4, -0.2) is 28.6 Å². The summed E-state index contributed by atoms with van der Waals surface area (Å²) in [6.45, 7) is 3.90. The molecular formula is C13H15F3N4OS. The Hall–Kier alpha value is -1.90. The highest BCUT2D eigenvalue weighted by atomic mass is 32.1. The predicted molar refractivity (Wildman–Crippen MR) is 78.9 cm³/mol. The number of halogens is 3. The van der Waals surface area contributed by atoms with Crippen molar-refractivity contribution in [1.29, 1.82) is 0 Å². The van der Waals surface area contributed by atoms with E-state index in [0.717, 1.165) is 18.3 Å². The molecule has 0 aromatic carbocycles. The summed E-state index contributed by atoms with van der Waals surface area (Å²) in [5.74, 6) is -1.44. The number of nitrogens with one attached hydrogen (secondary N) is 1. The van der Waals surface area contributed by atoms with Crippen molar-refractivity contribution in [3.63, 3.8) is 0 Å². The van der Waals surface area contributed by atoms with Gasteiger partial charge in [-0.1, -0.05) is 6.92 Å². The van der Waals surface area contributed by atoms with Crippen molar-refractivity contribution in [2.75, 3.05) is 12.3 Å². The van der Waals surface area contributed by atoms with Gasteiger partial charge < -0.3 is 11.1 Å². The Labute approximate surface area is 128 Å². The van der Waals surface area contributed by atoms with E-state index in [4.69, 9.17) is 5.73 Å². The number of anilines is 1. The smallest absolute Gasteiger partial charge is 0.383 e. The van der Waals surface area contributed by atoms with Gasteiger partial charge in [0.05, 0.1) is 16.2 Å². The SMILES string of the molecule is Cc1nc(N)c2c(C)c(C(=O)NCC(C)C(F)(F)F)sc2n1. The second-order valence-electron chi connectivity index (χ2n) is 5.05. The molecule has 9 heteroatoms. The van der Waals surface area contributed by atoms with Gasteiger partial charge in [0, 0.05) is 6.54 Å². The van der Waals surface area contributed by atoms with E-state index in [2.05, 4.69) is 15.3 Å². The Kier molecular flexibility index (Phi) is 4.28. The van der Waals surface area contributed by atoms with Crippen LogP contribution in [-0.2, 0) is 0 Å². The molecular weight excluding hydrogens is 317 g/mol. The number of thiophene rings is 1. The molecule has 0 spiro atoms.